The fraction of sp³-hybridized carbons (Fsp3) is 0.421. The smallest absolute Gasteiger partial charge is 0.319 e. The van der Waals surface area contributed by atoms with E-state index in [1.165, 1.54) is 17.7 Å². The highest BCUT2D eigenvalue weighted by Crippen LogP contribution is 2.37. The van der Waals surface area contributed by atoms with Gasteiger partial charge in [0.2, 0.25) is 0 Å². The summed E-state index contributed by atoms with van der Waals surface area (Å²) in [5.41, 5.74) is 0.764. The van der Waals surface area contributed by atoms with E-state index >= 15 is 0 Å². The van der Waals surface area contributed by atoms with Gasteiger partial charge in [-0.25, -0.2) is 4.79 Å². The van der Waals surface area contributed by atoms with Crippen molar-refractivity contribution < 1.29 is 4.79 Å². The van der Waals surface area contributed by atoms with Crippen LogP contribution >= 0.6 is 22.9 Å². The zero-order valence-corrected chi connectivity index (χ0v) is 15.5. The Hall–Kier alpha value is -1.56. The number of thiophene rings is 1. The van der Waals surface area contributed by atoms with Crippen molar-refractivity contribution in [2.24, 2.45) is 0 Å². The summed E-state index contributed by atoms with van der Waals surface area (Å²) in [7, 11) is 0. The van der Waals surface area contributed by atoms with Gasteiger partial charge in [-0.1, -0.05) is 17.7 Å². The lowest BCUT2D eigenvalue weighted by Crippen LogP contribution is -2.50. The summed E-state index contributed by atoms with van der Waals surface area (Å²) in [6.07, 6.45) is 4.56. The maximum absolute atomic E-state index is 12.3. The quantitative estimate of drug-likeness (QED) is 0.812. The Labute approximate surface area is 157 Å². The second-order valence-corrected chi connectivity index (χ2v) is 8.38. The van der Waals surface area contributed by atoms with Gasteiger partial charge in [-0.2, -0.15) is 0 Å². The summed E-state index contributed by atoms with van der Waals surface area (Å²) in [4.78, 5) is 16.3. The number of hydrogen-bond donors (Lipinski definition) is 2. The number of amides is 2. The maximum Gasteiger partial charge on any atom is 0.319 e. The van der Waals surface area contributed by atoms with Crippen molar-refractivity contribution in [1.29, 1.82) is 0 Å². The minimum atomic E-state index is -0.126. The molecule has 1 unspecified atom stereocenters. The van der Waals surface area contributed by atoms with Crippen LogP contribution in [-0.4, -0.2) is 29.1 Å². The van der Waals surface area contributed by atoms with Gasteiger partial charge in [0.25, 0.3) is 0 Å². The monoisotopic (exact) mass is 375 g/mol. The van der Waals surface area contributed by atoms with Crippen LogP contribution in [0.1, 0.15) is 30.6 Å². The van der Waals surface area contributed by atoms with Crippen molar-refractivity contribution >= 4 is 34.7 Å². The number of halogens is 1. The van der Waals surface area contributed by atoms with Crippen molar-refractivity contribution in [1.82, 2.24) is 10.2 Å². The normalized spacial score (nSPS) is 25.7. The predicted octanol–water partition coefficient (Wildman–Crippen LogP) is 4.72. The van der Waals surface area contributed by atoms with E-state index in [4.69, 9.17) is 11.6 Å². The molecule has 1 aromatic carbocycles. The third-order valence-electron chi connectivity index (χ3n) is 5.24. The van der Waals surface area contributed by atoms with Crippen LogP contribution in [0.5, 0.6) is 0 Å². The van der Waals surface area contributed by atoms with Crippen molar-refractivity contribution in [3.63, 3.8) is 0 Å². The average molecular weight is 376 g/mol. The molecule has 2 amide bonds. The van der Waals surface area contributed by atoms with Crippen LogP contribution in [0.25, 0.3) is 0 Å². The van der Waals surface area contributed by atoms with Gasteiger partial charge in [-0.3, -0.25) is 4.90 Å². The molecule has 2 aliphatic heterocycles. The molecule has 0 saturated carbocycles. The number of nitrogens with zero attached hydrogens (tertiary/aromatic N) is 1. The summed E-state index contributed by atoms with van der Waals surface area (Å²) in [6, 6.07) is 12.8. The summed E-state index contributed by atoms with van der Waals surface area (Å²) in [6.45, 7) is 1.05. The third kappa shape index (κ3) is 4.00. The lowest BCUT2D eigenvalue weighted by molar-refractivity contribution is 0.113. The molecule has 25 heavy (non-hydrogen) atoms. The number of nitrogens with one attached hydrogen (secondary N) is 2. The molecule has 2 aromatic rings. The van der Waals surface area contributed by atoms with E-state index in [9.17, 15) is 4.79 Å². The molecule has 2 aliphatic rings. The van der Waals surface area contributed by atoms with Crippen molar-refractivity contribution in [2.75, 3.05) is 5.32 Å². The van der Waals surface area contributed by atoms with E-state index < -0.39 is 0 Å². The first-order valence-corrected chi connectivity index (χ1v) is 10.0. The molecule has 4 rings (SSSR count). The number of carbonyl (C=O) groups is 1. The van der Waals surface area contributed by atoms with Gasteiger partial charge in [0.1, 0.15) is 0 Å². The first-order chi connectivity index (χ1) is 12.2. The summed E-state index contributed by atoms with van der Waals surface area (Å²) < 4.78 is 0. The summed E-state index contributed by atoms with van der Waals surface area (Å²) in [5.74, 6) is 0. The highest BCUT2D eigenvalue weighted by atomic mass is 35.5. The molecule has 6 heteroatoms. The minimum Gasteiger partial charge on any atom is -0.335 e. The Morgan fingerprint density at radius 3 is 2.52 bits per heavy atom. The Morgan fingerprint density at radius 1 is 1.16 bits per heavy atom. The zero-order valence-electron chi connectivity index (χ0n) is 14.0. The van der Waals surface area contributed by atoms with Gasteiger partial charge in [0.05, 0.1) is 0 Å². The van der Waals surface area contributed by atoms with Gasteiger partial charge >= 0.3 is 6.03 Å². The van der Waals surface area contributed by atoms with Gasteiger partial charge < -0.3 is 10.6 Å². The van der Waals surface area contributed by atoms with E-state index in [0.29, 0.717) is 17.1 Å². The number of carbonyl (C=O) groups excluding carboxylic acids is 1. The maximum atomic E-state index is 12.3. The topological polar surface area (TPSA) is 44.4 Å². The standard InChI is InChI=1S/C19H22ClN3OS/c20-13-3-5-14(6-4-13)21-19(24)22-15-10-16-7-8-17(11-15)23(16)12-18-2-1-9-25-18/h1-6,9,15-17H,7-8,10-12H2,(H2,21,22,24)/t15?,16-,17+. The molecular weight excluding hydrogens is 354 g/mol. The molecule has 2 fully saturated rings. The van der Waals surface area contributed by atoms with Crippen LogP contribution in [0, 0.1) is 0 Å². The molecule has 3 atom stereocenters. The highest BCUT2D eigenvalue weighted by molar-refractivity contribution is 7.09. The van der Waals surface area contributed by atoms with Gasteiger partial charge in [0, 0.05) is 40.3 Å². The first-order valence-electron chi connectivity index (χ1n) is 8.78. The van der Waals surface area contributed by atoms with E-state index in [1.807, 2.05) is 23.5 Å². The van der Waals surface area contributed by atoms with Gasteiger partial charge in [0.15, 0.2) is 0 Å². The number of anilines is 1. The molecule has 0 radical (unpaired) electrons. The molecule has 4 nitrogen and oxygen atoms in total. The molecular formula is C19H22ClN3OS. The van der Waals surface area contributed by atoms with Crippen LogP contribution < -0.4 is 10.6 Å². The first kappa shape index (κ1) is 16.9. The van der Waals surface area contributed by atoms with Crippen LogP contribution in [0.2, 0.25) is 5.02 Å². The second-order valence-electron chi connectivity index (χ2n) is 6.91. The number of rotatable bonds is 4. The predicted molar refractivity (Wildman–Crippen MR) is 103 cm³/mol. The summed E-state index contributed by atoms with van der Waals surface area (Å²) in [5, 5.41) is 8.86. The number of benzene rings is 1. The molecule has 2 bridgehead atoms. The lowest BCUT2D eigenvalue weighted by atomic mass is 9.97. The zero-order chi connectivity index (χ0) is 17.2. The minimum absolute atomic E-state index is 0.126. The number of piperidine rings is 1. The average Bonchev–Trinajstić information content (AvgIpc) is 3.17. The number of hydrogen-bond acceptors (Lipinski definition) is 3. The van der Waals surface area contributed by atoms with Crippen molar-refractivity contribution in [2.45, 2.75) is 50.4 Å². The van der Waals surface area contributed by atoms with Crippen LogP contribution in [0.4, 0.5) is 10.5 Å². The SMILES string of the molecule is O=C(Nc1ccc(Cl)cc1)NC1C[C@H]2CC[C@@H](C1)N2Cc1cccs1. The Kier molecular flexibility index (Phi) is 4.97. The van der Waals surface area contributed by atoms with Crippen LogP contribution in [0.3, 0.4) is 0 Å². The Balaban J connectivity index is 1.31. The fourth-order valence-electron chi connectivity index (χ4n) is 4.12. The lowest BCUT2D eigenvalue weighted by Gasteiger charge is -2.39. The van der Waals surface area contributed by atoms with Crippen LogP contribution in [0.15, 0.2) is 41.8 Å². The van der Waals surface area contributed by atoms with Crippen molar-refractivity contribution in [3.05, 3.63) is 51.7 Å². The molecule has 3 heterocycles. The molecule has 132 valence electrons. The molecule has 0 spiro atoms. The number of urea groups is 1. The Morgan fingerprint density at radius 2 is 1.88 bits per heavy atom. The molecule has 0 aliphatic carbocycles. The number of fused-ring (bicyclic) bond motifs is 2. The van der Waals surface area contributed by atoms with E-state index in [1.54, 1.807) is 12.1 Å². The van der Waals surface area contributed by atoms with Crippen LogP contribution in [-0.2, 0) is 6.54 Å². The van der Waals surface area contributed by atoms with Gasteiger partial charge in [-0.15, -0.1) is 11.3 Å². The second kappa shape index (κ2) is 7.36. The molecule has 2 saturated heterocycles. The Bertz CT molecular complexity index is 705. The van der Waals surface area contributed by atoms with Crippen molar-refractivity contribution in [3.8, 4) is 0 Å². The highest BCUT2D eigenvalue weighted by Gasteiger charge is 2.41. The van der Waals surface area contributed by atoms with E-state index in [0.717, 1.165) is 25.1 Å². The van der Waals surface area contributed by atoms with Gasteiger partial charge in [-0.05, 0) is 61.4 Å². The third-order valence-corrected chi connectivity index (χ3v) is 6.35. The molecule has 2 N–H and O–H groups in total. The van der Waals surface area contributed by atoms with E-state index in [2.05, 4.69) is 33.0 Å². The largest absolute Gasteiger partial charge is 0.335 e. The summed E-state index contributed by atoms with van der Waals surface area (Å²) >= 11 is 7.71. The molecule has 1 aromatic heterocycles. The fourth-order valence-corrected chi connectivity index (χ4v) is 4.96. The van der Waals surface area contributed by atoms with E-state index in [-0.39, 0.29) is 12.1 Å².